The van der Waals surface area contributed by atoms with E-state index in [-0.39, 0.29) is 5.78 Å². The maximum Gasteiger partial charge on any atom is 0.173 e. The Balaban J connectivity index is 2.54. The first-order valence-corrected chi connectivity index (χ1v) is 5.15. The molecule has 0 saturated heterocycles. The van der Waals surface area contributed by atoms with E-state index in [2.05, 4.69) is 6.58 Å². The Labute approximate surface area is 83.1 Å². The molecule has 0 N–H and O–H groups in total. The van der Waals surface area contributed by atoms with Gasteiger partial charge in [-0.05, 0) is 32.4 Å². The SMILES string of the molecule is C=C(C)CCC(=O)c1ccc(C)s1. The molecule has 0 atom stereocenters. The maximum atomic E-state index is 11.5. The van der Waals surface area contributed by atoms with Crippen LogP contribution in [0, 0.1) is 6.92 Å². The molecule has 0 aliphatic rings. The molecular weight excluding hydrogens is 180 g/mol. The number of ketones is 1. The highest BCUT2D eigenvalue weighted by atomic mass is 32.1. The summed E-state index contributed by atoms with van der Waals surface area (Å²) in [5.41, 5.74) is 1.07. The van der Waals surface area contributed by atoms with Crippen LogP contribution in [0.2, 0.25) is 0 Å². The maximum absolute atomic E-state index is 11.5. The van der Waals surface area contributed by atoms with Crippen LogP contribution < -0.4 is 0 Å². The fourth-order valence-corrected chi connectivity index (χ4v) is 1.87. The smallest absolute Gasteiger partial charge is 0.173 e. The number of Topliss-reactive ketones (excluding diaryl/α,β-unsaturated/α-hetero) is 1. The summed E-state index contributed by atoms with van der Waals surface area (Å²) in [6.45, 7) is 7.74. The second-order valence-electron chi connectivity index (χ2n) is 3.29. The summed E-state index contributed by atoms with van der Waals surface area (Å²) < 4.78 is 0. The second kappa shape index (κ2) is 4.38. The van der Waals surface area contributed by atoms with Crippen LogP contribution in [0.25, 0.3) is 0 Å². The van der Waals surface area contributed by atoms with E-state index in [9.17, 15) is 4.79 Å². The Morgan fingerprint density at radius 1 is 1.46 bits per heavy atom. The molecular formula is C11H14OS. The van der Waals surface area contributed by atoms with E-state index in [4.69, 9.17) is 0 Å². The highest BCUT2D eigenvalue weighted by Gasteiger charge is 2.07. The molecule has 0 aliphatic carbocycles. The number of rotatable bonds is 4. The zero-order valence-electron chi connectivity index (χ0n) is 8.09. The van der Waals surface area contributed by atoms with Gasteiger partial charge < -0.3 is 0 Å². The molecule has 0 saturated carbocycles. The highest BCUT2D eigenvalue weighted by Crippen LogP contribution is 2.18. The molecule has 70 valence electrons. The lowest BCUT2D eigenvalue weighted by Gasteiger charge is -1.96. The zero-order valence-corrected chi connectivity index (χ0v) is 8.91. The van der Waals surface area contributed by atoms with Crippen molar-refractivity contribution in [3.63, 3.8) is 0 Å². The number of allylic oxidation sites excluding steroid dienone is 1. The predicted molar refractivity (Wildman–Crippen MR) is 57.4 cm³/mol. The predicted octanol–water partition coefficient (Wildman–Crippen LogP) is 3.60. The van der Waals surface area contributed by atoms with Crippen molar-refractivity contribution < 1.29 is 4.79 Å². The van der Waals surface area contributed by atoms with Gasteiger partial charge in [0.15, 0.2) is 5.78 Å². The van der Waals surface area contributed by atoms with E-state index in [0.717, 1.165) is 16.9 Å². The van der Waals surface area contributed by atoms with Gasteiger partial charge in [-0.2, -0.15) is 0 Å². The molecule has 0 spiro atoms. The normalized spacial score (nSPS) is 10.0. The van der Waals surface area contributed by atoms with E-state index in [1.165, 1.54) is 4.88 Å². The van der Waals surface area contributed by atoms with E-state index < -0.39 is 0 Å². The number of hydrogen-bond acceptors (Lipinski definition) is 2. The Hall–Kier alpha value is -0.890. The van der Waals surface area contributed by atoms with Gasteiger partial charge in [-0.1, -0.05) is 5.57 Å². The molecule has 2 heteroatoms. The lowest BCUT2D eigenvalue weighted by atomic mass is 10.1. The third-order valence-corrected chi connectivity index (χ3v) is 2.84. The molecule has 0 bridgehead atoms. The zero-order chi connectivity index (χ0) is 9.84. The Morgan fingerprint density at radius 3 is 2.62 bits per heavy atom. The lowest BCUT2D eigenvalue weighted by molar-refractivity contribution is 0.0986. The molecule has 0 unspecified atom stereocenters. The van der Waals surface area contributed by atoms with E-state index in [1.54, 1.807) is 11.3 Å². The quantitative estimate of drug-likeness (QED) is 0.528. The number of carbonyl (C=O) groups excluding carboxylic acids is 1. The summed E-state index contributed by atoms with van der Waals surface area (Å²) in [5, 5.41) is 0. The Kier molecular flexibility index (Phi) is 3.43. The van der Waals surface area contributed by atoms with Crippen molar-refractivity contribution in [3.8, 4) is 0 Å². The average molecular weight is 194 g/mol. The molecule has 13 heavy (non-hydrogen) atoms. The van der Waals surface area contributed by atoms with Crippen molar-refractivity contribution in [2.24, 2.45) is 0 Å². The minimum absolute atomic E-state index is 0.237. The van der Waals surface area contributed by atoms with Crippen LogP contribution in [-0.2, 0) is 0 Å². The van der Waals surface area contributed by atoms with Crippen LogP contribution in [0.3, 0.4) is 0 Å². The first kappa shape index (κ1) is 10.2. The van der Waals surface area contributed by atoms with Crippen LogP contribution in [0.15, 0.2) is 24.3 Å². The molecule has 0 fully saturated rings. The number of aryl methyl sites for hydroxylation is 1. The fraction of sp³-hybridized carbons (Fsp3) is 0.364. The van der Waals surface area contributed by atoms with Gasteiger partial charge in [0.1, 0.15) is 0 Å². The van der Waals surface area contributed by atoms with Gasteiger partial charge in [-0.25, -0.2) is 0 Å². The molecule has 0 radical (unpaired) electrons. The fourth-order valence-electron chi connectivity index (χ4n) is 1.03. The first-order valence-electron chi connectivity index (χ1n) is 4.33. The molecule has 0 aliphatic heterocycles. The highest BCUT2D eigenvalue weighted by molar-refractivity contribution is 7.14. The molecule has 1 aromatic rings. The van der Waals surface area contributed by atoms with Gasteiger partial charge in [0.05, 0.1) is 4.88 Å². The molecule has 1 heterocycles. The summed E-state index contributed by atoms with van der Waals surface area (Å²) in [5.74, 6) is 0.237. The van der Waals surface area contributed by atoms with E-state index in [1.807, 2.05) is 26.0 Å². The van der Waals surface area contributed by atoms with E-state index >= 15 is 0 Å². The first-order chi connectivity index (χ1) is 6.09. The van der Waals surface area contributed by atoms with Crippen LogP contribution in [-0.4, -0.2) is 5.78 Å². The van der Waals surface area contributed by atoms with Crippen molar-refractivity contribution >= 4 is 17.1 Å². The Bertz CT molecular complexity index is 323. The molecule has 0 amide bonds. The number of carbonyl (C=O) groups is 1. The van der Waals surface area contributed by atoms with Gasteiger partial charge in [-0.3, -0.25) is 4.79 Å². The number of thiophene rings is 1. The lowest BCUT2D eigenvalue weighted by Crippen LogP contribution is -1.95. The second-order valence-corrected chi connectivity index (χ2v) is 4.58. The average Bonchev–Trinajstić information content (AvgIpc) is 2.47. The van der Waals surface area contributed by atoms with E-state index in [0.29, 0.717) is 6.42 Å². The minimum Gasteiger partial charge on any atom is -0.293 e. The van der Waals surface area contributed by atoms with Crippen molar-refractivity contribution in [1.29, 1.82) is 0 Å². The third kappa shape index (κ3) is 3.15. The van der Waals surface area contributed by atoms with Crippen LogP contribution in [0.1, 0.15) is 34.3 Å². The summed E-state index contributed by atoms with van der Waals surface area (Å²) in [4.78, 5) is 13.6. The van der Waals surface area contributed by atoms with Gasteiger partial charge in [-0.15, -0.1) is 17.9 Å². The van der Waals surface area contributed by atoms with Crippen molar-refractivity contribution in [3.05, 3.63) is 34.0 Å². The summed E-state index contributed by atoms with van der Waals surface area (Å²) in [6, 6.07) is 3.89. The van der Waals surface area contributed by atoms with Gasteiger partial charge in [0, 0.05) is 11.3 Å². The number of hydrogen-bond donors (Lipinski definition) is 0. The Morgan fingerprint density at radius 2 is 2.15 bits per heavy atom. The minimum atomic E-state index is 0.237. The van der Waals surface area contributed by atoms with Crippen molar-refractivity contribution in [2.45, 2.75) is 26.7 Å². The molecule has 1 nitrogen and oxygen atoms in total. The standard InChI is InChI=1S/C11H14OS/c1-8(2)4-6-10(12)11-7-5-9(3)13-11/h5,7H,1,4,6H2,2-3H3. The summed E-state index contributed by atoms with van der Waals surface area (Å²) in [6.07, 6.45) is 1.39. The third-order valence-electron chi connectivity index (χ3n) is 1.79. The molecule has 1 rings (SSSR count). The van der Waals surface area contributed by atoms with Gasteiger partial charge in [0.2, 0.25) is 0 Å². The largest absolute Gasteiger partial charge is 0.293 e. The van der Waals surface area contributed by atoms with Crippen LogP contribution >= 0.6 is 11.3 Å². The van der Waals surface area contributed by atoms with Crippen molar-refractivity contribution in [2.75, 3.05) is 0 Å². The van der Waals surface area contributed by atoms with Gasteiger partial charge in [0.25, 0.3) is 0 Å². The summed E-state index contributed by atoms with van der Waals surface area (Å²) in [7, 11) is 0. The molecule has 0 aromatic carbocycles. The summed E-state index contributed by atoms with van der Waals surface area (Å²) >= 11 is 1.57. The van der Waals surface area contributed by atoms with Crippen LogP contribution in [0.4, 0.5) is 0 Å². The monoisotopic (exact) mass is 194 g/mol. The van der Waals surface area contributed by atoms with Gasteiger partial charge >= 0.3 is 0 Å². The topological polar surface area (TPSA) is 17.1 Å². The van der Waals surface area contributed by atoms with Crippen LogP contribution in [0.5, 0.6) is 0 Å². The molecule has 1 aromatic heterocycles. The van der Waals surface area contributed by atoms with Crippen molar-refractivity contribution in [1.82, 2.24) is 0 Å².